The second-order valence-corrected chi connectivity index (χ2v) is 12.7. The molecular formula is C23H24ClF3N4O4S. The summed E-state index contributed by atoms with van der Waals surface area (Å²) < 4.78 is 70.5. The van der Waals surface area contributed by atoms with E-state index in [1.807, 2.05) is 0 Å². The van der Waals surface area contributed by atoms with E-state index in [1.54, 1.807) is 19.9 Å². The third-order valence-corrected chi connectivity index (χ3v) is 10.0. The van der Waals surface area contributed by atoms with Crippen molar-refractivity contribution in [1.82, 2.24) is 4.98 Å². The molecule has 3 N–H and O–H groups in total. The van der Waals surface area contributed by atoms with Gasteiger partial charge in [0.05, 0.1) is 21.9 Å². The number of carbonyl (C=O) groups is 1. The molecule has 194 valence electrons. The largest absolute Gasteiger partial charge is 0.490 e. The minimum absolute atomic E-state index is 0.0445. The molecule has 0 saturated carbocycles. The maximum atomic E-state index is 13.6. The topological polar surface area (TPSA) is 124 Å². The lowest BCUT2D eigenvalue weighted by molar-refractivity contribution is -0.137. The second kappa shape index (κ2) is 8.34. The van der Waals surface area contributed by atoms with Gasteiger partial charge in [0.1, 0.15) is 27.6 Å². The number of ether oxygens (including phenoxy) is 1. The summed E-state index contributed by atoms with van der Waals surface area (Å²) in [4.78, 5) is 21.0. The number of sulfone groups is 1. The zero-order chi connectivity index (χ0) is 26.8. The molecule has 2 aromatic rings. The third kappa shape index (κ3) is 4.09. The quantitative estimate of drug-likeness (QED) is 0.580. The van der Waals surface area contributed by atoms with Gasteiger partial charge in [0.15, 0.2) is 9.84 Å². The van der Waals surface area contributed by atoms with Gasteiger partial charge in [-0.05, 0) is 52.0 Å². The van der Waals surface area contributed by atoms with E-state index in [-0.39, 0.29) is 17.9 Å². The zero-order valence-corrected chi connectivity index (χ0v) is 21.3. The van der Waals surface area contributed by atoms with Gasteiger partial charge in [0, 0.05) is 23.9 Å². The Hall–Kier alpha value is -2.86. The summed E-state index contributed by atoms with van der Waals surface area (Å²) in [5.74, 6) is -0.515. The Balaban J connectivity index is 1.76. The van der Waals surface area contributed by atoms with Gasteiger partial charge in [-0.3, -0.25) is 9.79 Å². The number of carbonyl (C=O) groups excluding carboxylic acids is 1. The molecule has 0 fully saturated rings. The molecule has 2 aliphatic heterocycles. The highest BCUT2D eigenvalue weighted by molar-refractivity contribution is 7.94. The Bertz CT molecular complexity index is 1390. The van der Waals surface area contributed by atoms with Crippen LogP contribution in [0.4, 0.5) is 18.9 Å². The van der Waals surface area contributed by atoms with Gasteiger partial charge in [-0.2, -0.15) is 13.2 Å². The predicted octanol–water partition coefficient (Wildman–Crippen LogP) is 4.33. The van der Waals surface area contributed by atoms with Gasteiger partial charge in [-0.1, -0.05) is 11.6 Å². The molecule has 1 aromatic carbocycles. The van der Waals surface area contributed by atoms with Crippen LogP contribution in [0.15, 0.2) is 35.5 Å². The predicted molar refractivity (Wildman–Crippen MR) is 129 cm³/mol. The number of nitrogens with one attached hydrogen (secondary N) is 1. The molecule has 0 radical (unpaired) electrons. The molecule has 8 nitrogen and oxygen atoms in total. The SMILES string of the molecule is C[C@H]1C[C@@H]2[C@](C)(N=C(N)C(C)(C)S2(=O)=O)c2cc(NC(=O)c3ncc(C(F)(F)F)cc3Cl)ccc2O1. The monoisotopic (exact) mass is 544 g/mol. The molecule has 3 heterocycles. The molecule has 13 heteroatoms. The highest BCUT2D eigenvalue weighted by Crippen LogP contribution is 2.49. The number of fused-ring (bicyclic) bond motifs is 3. The van der Waals surface area contributed by atoms with Crippen molar-refractivity contribution in [2.75, 3.05) is 5.32 Å². The summed E-state index contributed by atoms with van der Waals surface area (Å²) in [5, 5.41) is 1.12. The number of aliphatic imine (C=N–C) groups is 1. The number of rotatable bonds is 2. The minimum Gasteiger partial charge on any atom is -0.490 e. The Morgan fingerprint density at radius 1 is 1.25 bits per heavy atom. The molecule has 3 atom stereocenters. The van der Waals surface area contributed by atoms with Crippen LogP contribution in [0.1, 0.15) is 55.7 Å². The number of hydrogen-bond acceptors (Lipinski definition) is 7. The van der Waals surface area contributed by atoms with Crippen molar-refractivity contribution in [3.8, 4) is 5.75 Å². The molecule has 0 unspecified atom stereocenters. The number of nitrogens with zero attached hydrogens (tertiary/aromatic N) is 2. The van der Waals surface area contributed by atoms with E-state index in [4.69, 9.17) is 22.1 Å². The molecule has 0 saturated heterocycles. The average Bonchev–Trinajstić information content (AvgIpc) is 2.86. The van der Waals surface area contributed by atoms with Crippen molar-refractivity contribution in [3.05, 3.63) is 52.3 Å². The normalized spacial score (nSPS) is 26.5. The summed E-state index contributed by atoms with van der Waals surface area (Å²) in [7, 11) is -3.81. The Kier molecular flexibility index (Phi) is 6.07. The number of halogens is 4. The van der Waals surface area contributed by atoms with Crippen LogP contribution < -0.4 is 15.8 Å². The van der Waals surface area contributed by atoms with Crippen LogP contribution in [-0.4, -0.2) is 41.2 Å². The van der Waals surface area contributed by atoms with Gasteiger partial charge in [-0.15, -0.1) is 0 Å². The lowest BCUT2D eigenvalue weighted by Crippen LogP contribution is -2.60. The van der Waals surface area contributed by atoms with Crippen LogP contribution in [0.3, 0.4) is 0 Å². The Morgan fingerprint density at radius 2 is 1.92 bits per heavy atom. The number of aromatic nitrogens is 1. The Labute approximate surface area is 211 Å². The first-order valence-corrected chi connectivity index (χ1v) is 12.9. The fraction of sp³-hybridized carbons (Fsp3) is 0.435. The van der Waals surface area contributed by atoms with Gasteiger partial charge < -0.3 is 15.8 Å². The van der Waals surface area contributed by atoms with Crippen molar-refractivity contribution >= 4 is 38.9 Å². The van der Waals surface area contributed by atoms with E-state index >= 15 is 0 Å². The molecule has 0 bridgehead atoms. The van der Waals surface area contributed by atoms with E-state index in [0.29, 0.717) is 23.6 Å². The first kappa shape index (κ1) is 26.2. The summed E-state index contributed by atoms with van der Waals surface area (Å²) in [6.07, 6.45) is -4.43. The van der Waals surface area contributed by atoms with Crippen molar-refractivity contribution < 1.29 is 31.1 Å². The van der Waals surface area contributed by atoms with Crippen LogP contribution in [0.2, 0.25) is 5.02 Å². The number of pyridine rings is 1. The average molecular weight is 545 g/mol. The summed E-state index contributed by atoms with van der Waals surface area (Å²) in [6.45, 7) is 6.43. The van der Waals surface area contributed by atoms with Crippen molar-refractivity contribution in [2.24, 2.45) is 10.7 Å². The maximum Gasteiger partial charge on any atom is 0.417 e. The van der Waals surface area contributed by atoms with Crippen molar-refractivity contribution in [2.45, 2.75) is 61.9 Å². The van der Waals surface area contributed by atoms with Crippen molar-refractivity contribution in [1.29, 1.82) is 0 Å². The lowest BCUT2D eigenvalue weighted by atomic mass is 9.85. The van der Waals surface area contributed by atoms with Crippen LogP contribution in [-0.2, 0) is 21.6 Å². The van der Waals surface area contributed by atoms with E-state index < -0.39 is 59.8 Å². The maximum absolute atomic E-state index is 13.6. The molecule has 0 aliphatic carbocycles. The minimum atomic E-state index is -4.66. The molecule has 4 rings (SSSR count). The van der Waals surface area contributed by atoms with Crippen LogP contribution in [0, 0.1) is 0 Å². The number of hydrogen-bond donors (Lipinski definition) is 2. The van der Waals surface area contributed by atoms with Gasteiger partial charge in [0.25, 0.3) is 5.91 Å². The fourth-order valence-corrected chi connectivity index (χ4v) is 7.08. The molecule has 1 amide bonds. The van der Waals surface area contributed by atoms with Gasteiger partial charge in [-0.25, -0.2) is 13.4 Å². The summed E-state index contributed by atoms with van der Waals surface area (Å²) >= 11 is 5.90. The number of anilines is 1. The zero-order valence-electron chi connectivity index (χ0n) is 19.8. The number of nitrogens with two attached hydrogens (primary N) is 1. The molecule has 0 spiro atoms. The van der Waals surface area contributed by atoms with E-state index in [2.05, 4.69) is 15.3 Å². The van der Waals surface area contributed by atoms with E-state index in [1.165, 1.54) is 26.0 Å². The smallest absolute Gasteiger partial charge is 0.417 e. The molecular weight excluding hydrogens is 521 g/mol. The van der Waals surface area contributed by atoms with Crippen molar-refractivity contribution in [3.63, 3.8) is 0 Å². The van der Waals surface area contributed by atoms with Crippen LogP contribution >= 0.6 is 11.6 Å². The third-order valence-electron chi connectivity index (χ3n) is 6.72. The van der Waals surface area contributed by atoms with E-state index in [0.717, 1.165) is 0 Å². The van der Waals surface area contributed by atoms with E-state index in [9.17, 15) is 26.4 Å². The lowest BCUT2D eigenvalue weighted by Gasteiger charge is -2.43. The fourth-order valence-electron chi connectivity index (χ4n) is 4.47. The van der Waals surface area contributed by atoms with Gasteiger partial charge >= 0.3 is 6.18 Å². The summed E-state index contributed by atoms with van der Waals surface area (Å²) in [6, 6.07) is 5.21. The van der Waals surface area contributed by atoms with Crippen LogP contribution in [0.25, 0.3) is 0 Å². The Morgan fingerprint density at radius 3 is 2.53 bits per heavy atom. The highest BCUT2D eigenvalue weighted by atomic mass is 35.5. The number of amides is 1. The van der Waals surface area contributed by atoms with Crippen LogP contribution in [0.5, 0.6) is 5.75 Å². The summed E-state index contributed by atoms with van der Waals surface area (Å²) in [5.41, 5.74) is 3.93. The molecule has 2 aliphatic rings. The standard InChI is InChI=1S/C23H24ClF3N4O4S/c1-11-7-17-22(4,31-20(28)21(2,3)36(17,33)34)14-9-13(5-6-16(14)35-11)30-19(32)18-15(24)8-12(10-29-18)23(25,26)27/h5-6,8-11,17H,7H2,1-4H3,(H2,28,31)(H,30,32)/t11-,17+,22+/m0/s1. The van der Waals surface area contributed by atoms with Gasteiger partial charge in [0.2, 0.25) is 0 Å². The molecule has 36 heavy (non-hydrogen) atoms. The second-order valence-electron chi connectivity index (χ2n) is 9.57. The number of alkyl halides is 3. The first-order valence-electron chi connectivity index (χ1n) is 10.9. The highest BCUT2D eigenvalue weighted by Gasteiger charge is 2.58. The number of amidine groups is 1. The number of benzene rings is 1. The molecule has 1 aromatic heterocycles. The first-order chi connectivity index (χ1) is 16.5.